The lowest BCUT2D eigenvalue weighted by Gasteiger charge is -2.16. The van der Waals surface area contributed by atoms with Gasteiger partial charge in [-0.2, -0.15) is 0 Å². The predicted octanol–water partition coefficient (Wildman–Crippen LogP) is -0.647. The van der Waals surface area contributed by atoms with Crippen LogP contribution in [0, 0.1) is 0 Å². The molecule has 1 aromatic rings. The van der Waals surface area contributed by atoms with Gasteiger partial charge >= 0.3 is 5.69 Å². The molecule has 0 radical (unpaired) electrons. The Kier molecular flexibility index (Phi) is 4.41. The quantitative estimate of drug-likeness (QED) is 0.722. The van der Waals surface area contributed by atoms with Crippen molar-refractivity contribution < 1.29 is 22.1 Å². The third-order valence-electron chi connectivity index (χ3n) is 3.56. The molecular formula is C14H20N2O6. The van der Waals surface area contributed by atoms with Crippen LogP contribution in [0.25, 0.3) is 0 Å². The van der Waals surface area contributed by atoms with Crippen molar-refractivity contribution in [1.82, 2.24) is 9.55 Å². The largest absolute Gasteiger partial charge is 0.390 e. The van der Waals surface area contributed by atoms with E-state index in [9.17, 15) is 19.5 Å². The molecule has 4 unspecified atom stereocenters. The Morgan fingerprint density at radius 1 is 1.73 bits per heavy atom. The number of nitrogens with zero attached hydrogens (tertiary/aromatic N) is 1. The van der Waals surface area contributed by atoms with Crippen LogP contribution in [0.1, 0.15) is 34.3 Å². The number of aliphatic hydroxyl groups is 1. The van der Waals surface area contributed by atoms with Gasteiger partial charge in [-0.15, -0.1) is 0 Å². The highest BCUT2D eigenvalue weighted by atomic mass is 16.6. The Morgan fingerprint density at radius 3 is 3.18 bits per heavy atom. The number of nitrogens with one attached hydrogen (secondary N) is 1. The normalized spacial score (nSPS) is 27.3. The van der Waals surface area contributed by atoms with E-state index in [1.165, 1.54) is 17.7 Å². The molecule has 1 aliphatic heterocycles. The fourth-order valence-electron chi connectivity index (χ4n) is 2.36. The van der Waals surface area contributed by atoms with Crippen LogP contribution in [0.3, 0.4) is 0 Å². The van der Waals surface area contributed by atoms with E-state index in [4.69, 9.17) is 12.2 Å². The first-order valence-electron chi connectivity index (χ1n) is 8.06. The molecule has 122 valence electrons. The zero-order chi connectivity index (χ0) is 17.9. The number of rotatable bonds is 6. The van der Waals surface area contributed by atoms with Gasteiger partial charge in [0.05, 0.1) is 15.5 Å². The maximum atomic E-state index is 12.0. The zero-order valence-electron chi connectivity index (χ0n) is 14.2. The number of hydrogen-bond donors (Lipinski definition) is 2. The molecule has 0 saturated carbocycles. The molecule has 1 fully saturated rings. The lowest BCUT2D eigenvalue weighted by atomic mass is 10.1. The van der Waals surface area contributed by atoms with Crippen molar-refractivity contribution >= 4 is 5.78 Å². The number of aromatic amines is 1. The number of ketones is 1. The first kappa shape index (κ1) is 13.9. The lowest BCUT2D eigenvalue weighted by Crippen LogP contribution is -2.34. The topological polar surface area (TPSA) is 111 Å². The van der Waals surface area contributed by atoms with Crippen molar-refractivity contribution in [3.63, 3.8) is 0 Å². The van der Waals surface area contributed by atoms with Gasteiger partial charge in [0.2, 0.25) is 0 Å². The number of aromatic nitrogens is 2. The molecule has 1 saturated heterocycles. The van der Waals surface area contributed by atoms with Crippen molar-refractivity contribution in [2.75, 3.05) is 13.7 Å². The number of methoxy groups -OCH3 is 1. The van der Waals surface area contributed by atoms with Gasteiger partial charge in [-0.25, -0.2) is 4.79 Å². The number of carbonyl (C=O) groups excluding carboxylic acids is 1. The molecule has 2 N–H and O–H groups in total. The van der Waals surface area contributed by atoms with Crippen LogP contribution in [-0.4, -0.2) is 46.3 Å². The molecule has 1 aliphatic rings. The van der Waals surface area contributed by atoms with Crippen LogP contribution in [0.15, 0.2) is 15.8 Å². The van der Waals surface area contributed by atoms with Gasteiger partial charge in [0.15, 0.2) is 0 Å². The van der Waals surface area contributed by atoms with Gasteiger partial charge in [-0.3, -0.25) is 14.3 Å². The van der Waals surface area contributed by atoms with Crippen molar-refractivity contribution in [3.05, 3.63) is 32.6 Å². The standard InChI is InChI=1S/C14H20N2O6/c1-8(17)3-4-9-6-16(14(20)15-13(9)19)12-5-10(18)11(22-12)7-21-2/h6,10-12,18H,3-5,7H2,1-2H3,(H,15,19,20)/i2TD. The summed E-state index contributed by atoms with van der Waals surface area (Å²) in [4.78, 5) is 37.0. The summed E-state index contributed by atoms with van der Waals surface area (Å²) < 4.78 is 25.4. The highest BCUT2D eigenvalue weighted by Gasteiger charge is 2.35. The Labute approximate surface area is 129 Å². The third-order valence-corrected chi connectivity index (χ3v) is 3.56. The highest BCUT2D eigenvalue weighted by molar-refractivity contribution is 5.75. The fourth-order valence-corrected chi connectivity index (χ4v) is 2.36. The third kappa shape index (κ3) is 3.70. The van der Waals surface area contributed by atoms with Crippen LogP contribution in [-0.2, 0) is 20.7 Å². The Balaban J connectivity index is 2.16. The molecule has 1 aromatic heterocycles. The van der Waals surface area contributed by atoms with E-state index in [1.54, 1.807) is 0 Å². The summed E-state index contributed by atoms with van der Waals surface area (Å²) in [6.45, 7) is 1.27. The molecule has 0 aromatic carbocycles. The minimum absolute atomic E-state index is 0.0720. The average Bonchev–Trinajstić information content (AvgIpc) is 2.85. The summed E-state index contributed by atoms with van der Waals surface area (Å²) in [5.74, 6) is -0.0720. The first-order valence-corrected chi connectivity index (χ1v) is 6.91. The zero-order valence-corrected chi connectivity index (χ0v) is 12.2. The van der Waals surface area contributed by atoms with E-state index in [0.717, 1.165) is 0 Å². The van der Waals surface area contributed by atoms with Crippen LogP contribution in [0.4, 0.5) is 0 Å². The number of aryl methyl sites for hydroxylation is 1. The second kappa shape index (κ2) is 6.99. The summed E-state index contributed by atoms with van der Waals surface area (Å²) in [7, 11) is -1.49. The SMILES string of the molecule is [2H]C([3H])OCC1OC(n2cc(CCC(C)=O)c(=O)[nH]c2=O)CC1O. The van der Waals surface area contributed by atoms with Crippen LogP contribution in [0.2, 0.25) is 0 Å². The van der Waals surface area contributed by atoms with Crippen molar-refractivity contribution in [3.8, 4) is 0 Å². The number of aliphatic hydroxyl groups excluding tert-OH is 1. The summed E-state index contributed by atoms with van der Waals surface area (Å²) in [5.41, 5.74) is -0.952. The maximum absolute atomic E-state index is 12.0. The van der Waals surface area contributed by atoms with Crippen LogP contribution >= 0.6 is 0 Å². The number of H-pyrrole nitrogens is 1. The minimum Gasteiger partial charge on any atom is -0.390 e. The van der Waals surface area contributed by atoms with Crippen molar-refractivity contribution in [2.45, 2.75) is 44.6 Å². The average molecular weight is 315 g/mol. The van der Waals surface area contributed by atoms with Gasteiger partial charge < -0.3 is 19.4 Å². The molecule has 0 aliphatic carbocycles. The van der Waals surface area contributed by atoms with Gasteiger partial charge in [0.1, 0.15) is 18.1 Å². The van der Waals surface area contributed by atoms with Crippen molar-refractivity contribution in [1.29, 1.82) is 0 Å². The smallest absolute Gasteiger partial charge is 0.330 e. The van der Waals surface area contributed by atoms with Gasteiger partial charge in [-0.05, 0) is 13.3 Å². The first-order chi connectivity index (χ1) is 11.3. The molecule has 8 nitrogen and oxygen atoms in total. The van der Waals surface area contributed by atoms with Crippen LogP contribution < -0.4 is 11.2 Å². The summed E-state index contributed by atoms with van der Waals surface area (Å²) >= 11 is 0. The highest BCUT2D eigenvalue weighted by Crippen LogP contribution is 2.27. The molecule has 2 rings (SSSR count). The Morgan fingerprint density at radius 2 is 2.50 bits per heavy atom. The molecular weight excluding hydrogens is 292 g/mol. The summed E-state index contributed by atoms with van der Waals surface area (Å²) in [6.07, 6.45) is -0.674. The van der Waals surface area contributed by atoms with Gasteiger partial charge in [0.25, 0.3) is 5.56 Å². The molecule has 8 heteroatoms. The predicted molar refractivity (Wildman–Crippen MR) is 76.7 cm³/mol. The molecule has 4 atom stereocenters. The number of Topliss-reactive ketones (excluding diaryl/α,β-unsaturated/α-hetero) is 1. The molecule has 22 heavy (non-hydrogen) atoms. The molecule has 0 spiro atoms. The number of carbonyl (C=O) groups is 1. The lowest BCUT2D eigenvalue weighted by molar-refractivity contribution is -0.116. The molecule has 0 bridgehead atoms. The van der Waals surface area contributed by atoms with E-state index in [-0.39, 0.29) is 37.2 Å². The number of ether oxygens (including phenoxy) is 2. The second-order valence-electron chi connectivity index (χ2n) is 5.29. The summed E-state index contributed by atoms with van der Waals surface area (Å²) in [6, 6.07) is 0. The summed E-state index contributed by atoms with van der Waals surface area (Å²) in [5, 5.41) is 9.97. The molecule has 2 heterocycles. The number of hydrogen-bond acceptors (Lipinski definition) is 6. The van der Waals surface area contributed by atoms with Crippen molar-refractivity contribution in [2.24, 2.45) is 0 Å². The van der Waals surface area contributed by atoms with Crippen LogP contribution in [0.5, 0.6) is 0 Å². The monoisotopic (exact) mass is 315 g/mol. The second-order valence-corrected chi connectivity index (χ2v) is 5.29. The van der Waals surface area contributed by atoms with Gasteiger partial charge in [0, 0.05) is 31.7 Å². The van der Waals surface area contributed by atoms with E-state index >= 15 is 0 Å². The van der Waals surface area contributed by atoms with Gasteiger partial charge in [-0.1, -0.05) is 0 Å². The fraction of sp³-hybridized carbons (Fsp3) is 0.643. The Hall–Kier alpha value is -1.77. The van der Waals surface area contributed by atoms with E-state index in [1.807, 2.05) is 0 Å². The minimum atomic E-state index is -1.49. The van der Waals surface area contributed by atoms with E-state index in [0.29, 0.717) is 0 Å². The maximum Gasteiger partial charge on any atom is 0.330 e. The molecule has 0 amide bonds. The van der Waals surface area contributed by atoms with E-state index < -0.39 is 36.7 Å². The Bertz CT molecular complexity index is 701. The van der Waals surface area contributed by atoms with E-state index in [2.05, 4.69) is 4.98 Å².